The van der Waals surface area contributed by atoms with Crippen LogP contribution in [0, 0.1) is 0 Å². The highest BCUT2D eigenvalue weighted by molar-refractivity contribution is 9.10. The van der Waals surface area contributed by atoms with Gasteiger partial charge in [0.1, 0.15) is 11.0 Å². The number of amides is 2. The third-order valence-corrected chi connectivity index (χ3v) is 5.85. The molecule has 0 saturated carbocycles. The summed E-state index contributed by atoms with van der Waals surface area (Å²) in [6.07, 6.45) is 1.20. The molecule has 1 heterocycles. The number of hydrogen-bond donors (Lipinski definition) is 2. The molecular weight excluding hydrogens is 488 g/mol. The molecule has 0 spiro atoms. The molecule has 3 rings (SSSR count). The first-order valence-corrected chi connectivity index (χ1v) is 11.5. The van der Waals surface area contributed by atoms with Crippen LogP contribution in [0.3, 0.4) is 0 Å². The van der Waals surface area contributed by atoms with Gasteiger partial charge in [0, 0.05) is 28.8 Å². The zero-order valence-corrected chi connectivity index (χ0v) is 19.1. The number of aromatic nitrogens is 2. The van der Waals surface area contributed by atoms with E-state index in [1.54, 1.807) is 0 Å². The second-order valence-electron chi connectivity index (χ2n) is 6.51. The van der Waals surface area contributed by atoms with E-state index >= 15 is 0 Å². The van der Waals surface area contributed by atoms with Crippen molar-refractivity contribution in [2.75, 3.05) is 11.2 Å². The predicted octanol–water partition coefficient (Wildman–Crippen LogP) is 4.65. The topological polar surface area (TPSA) is 84.0 Å². The molecule has 2 amide bonds. The molecule has 0 fully saturated rings. The zero-order valence-electron chi connectivity index (χ0n) is 16.0. The molecule has 1 aromatic heterocycles. The van der Waals surface area contributed by atoms with Crippen LogP contribution < -0.4 is 10.6 Å². The highest BCUT2D eigenvalue weighted by atomic mass is 79.9. The van der Waals surface area contributed by atoms with Gasteiger partial charge >= 0.3 is 0 Å². The first-order chi connectivity index (χ1) is 14.5. The Bertz CT molecular complexity index is 999. The smallest absolute Gasteiger partial charge is 0.249 e. The van der Waals surface area contributed by atoms with Crippen LogP contribution in [-0.4, -0.2) is 33.9 Å². The van der Waals surface area contributed by atoms with Crippen LogP contribution in [0.4, 0.5) is 5.13 Å². The van der Waals surface area contributed by atoms with Crippen molar-refractivity contribution in [3.8, 4) is 10.6 Å². The van der Waals surface area contributed by atoms with Gasteiger partial charge in [-0.05, 0) is 24.1 Å². The number of hydrogen-bond acceptors (Lipinski definition) is 5. The van der Waals surface area contributed by atoms with E-state index in [0.717, 1.165) is 15.6 Å². The molecule has 1 unspecified atom stereocenters. The van der Waals surface area contributed by atoms with E-state index in [1.807, 2.05) is 54.6 Å². The van der Waals surface area contributed by atoms with Crippen molar-refractivity contribution in [2.45, 2.75) is 25.3 Å². The summed E-state index contributed by atoms with van der Waals surface area (Å²) in [4.78, 5) is 25.1. The third kappa shape index (κ3) is 6.62. The van der Waals surface area contributed by atoms with Crippen LogP contribution in [0.5, 0.6) is 0 Å². The maximum absolute atomic E-state index is 12.9. The Balaban J connectivity index is 1.71. The minimum atomic E-state index is -0.728. The SMILES string of the molecule is O=C(CCCCl)NC(Cc1ccccc1)C(=O)Nc1nnc(-c2cccc(Br)c2)s1. The maximum Gasteiger partial charge on any atom is 0.249 e. The monoisotopic (exact) mass is 506 g/mol. The van der Waals surface area contributed by atoms with Gasteiger partial charge in [-0.25, -0.2) is 0 Å². The van der Waals surface area contributed by atoms with Crippen LogP contribution in [-0.2, 0) is 16.0 Å². The Hall–Kier alpha value is -2.29. The highest BCUT2D eigenvalue weighted by Gasteiger charge is 2.22. The molecule has 2 aromatic carbocycles. The lowest BCUT2D eigenvalue weighted by molar-refractivity contribution is -0.126. The summed E-state index contributed by atoms with van der Waals surface area (Å²) in [6, 6.07) is 16.5. The van der Waals surface area contributed by atoms with Gasteiger partial charge in [0.25, 0.3) is 0 Å². The molecule has 0 bridgehead atoms. The van der Waals surface area contributed by atoms with Crippen molar-refractivity contribution in [1.29, 1.82) is 0 Å². The second-order valence-corrected chi connectivity index (χ2v) is 8.79. The summed E-state index contributed by atoms with van der Waals surface area (Å²) in [5.41, 5.74) is 1.85. The molecule has 9 heteroatoms. The van der Waals surface area contributed by atoms with Crippen LogP contribution in [0.25, 0.3) is 10.6 Å². The van der Waals surface area contributed by atoms with Crippen molar-refractivity contribution >= 4 is 55.8 Å². The molecule has 2 N–H and O–H groups in total. The number of alkyl halides is 1. The Labute approximate surface area is 192 Å². The van der Waals surface area contributed by atoms with E-state index in [4.69, 9.17) is 11.6 Å². The maximum atomic E-state index is 12.9. The molecule has 0 aliphatic rings. The van der Waals surface area contributed by atoms with Gasteiger partial charge in [0.15, 0.2) is 0 Å². The van der Waals surface area contributed by atoms with E-state index in [2.05, 4.69) is 36.8 Å². The van der Waals surface area contributed by atoms with Gasteiger partial charge in [-0.2, -0.15) is 0 Å². The number of rotatable bonds is 9. The summed E-state index contributed by atoms with van der Waals surface area (Å²) in [5, 5.41) is 14.9. The van der Waals surface area contributed by atoms with Gasteiger partial charge in [-0.15, -0.1) is 21.8 Å². The molecule has 0 aliphatic heterocycles. The average Bonchev–Trinajstić information content (AvgIpc) is 3.21. The number of benzene rings is 2. The standard InChI is InChI=1S/C21H20BrClN4O2S/c22-16-9-4-8-15(13-16)20-26-27-21(30-20)25-19(29)17(24-18(28)10-5-11-23)12-14-6-2-1-3-7-14/h1-4,6-9,13,17H,5,10-12H2,(H,24,28)(H,25,27,29). The average molecular weight is 508 g/mol. The van der Waals surface area contributed by atoms with Gasteiger partial charge in [-0.1, -0.05) is 69.7 Å². The largest absolute Gasteiger partial charge is 0.344 e. The van der Waals surface area contributed by atoms with E-state index in [9.17, 15) is 9.59 Å². The van der Waals surface area contributed by atoms with Crippen molar-refractivity contribution in [2.24, 2.45) is 0 Å². The minimum Gasteiger partial charge on any atom is -0.344 e. The molecule has 156 valence electrons. The van der Waals surface area contributed by atoms with Gasteiger partial charge in [0.2, 0.25) is 16.9 Å². The van der Waals surface area contributed by atoms with Crippen LogP contribution >= 0.6 is 38.9 Å². The van der Waals surface area contributed by atoms with Gasteiger partial charge < -0.3 is 5.32 Å². The fourth-order valence-electron chi connectivity index (χ4n) is 2.76. The number of carbonyl (C=O) groups is 2. The fourth-order valence-corrected chi connectivity index (χ4v) is 4.03. The molecule has 30 heavy (non-hydrogen) atoms. The summed E-state index contributed by atoms with van der Waals surface area (Å²) in [6.45, 7) is 0. The van der Waals surface area contributed by atoms with Gasteiger partial charge in [0.05, 0.1) is 0 Å². The number of nitrogens with one attached hydrogen (secondary N) is 2. The summed E-state index contributed by atoms with van der Waals surface area (Å²) >= 11 is 10.4. The normalized spacial score (nSPS) is 11.7. The Morgan fingerprint density at radius 1 is 1.10 bits per heavy atom. The number of carbonyl (C=O) groups excluding carboxylic acids is 2. The first kappa shape index (κ1) is 22.4. The van der Waals surface area contributed by atoms with E-state index in [1.165, 1.54) is 11.3 Å². The zero-order chi connectivity index (χ0) is 21.3. The second kappa shape index (κ2) is 11.2. The van der Waals surface area contributed by atoms with Crippen LogP contribution in [0.15, 0.2) is 59.1 Å². The van der Waals surface area contributed by atoms with Crippen molar-refractivity contribution < 1.29 is 9.59 Å². The van der Waals surface area contributed by atoms with E-state index in [0.29, 0.717) is 28.9 Å². The fraction of sp³-hybridized carbons (Fsp3) is 0.238. The molecule has 6 nitrogen and oxygen atoms in total. The Morgan fingerprint density at radius 2 is 1.90 bits per heavy atom. The number of halogens is 2. The van der Waals surface area contributed by atoms with Crippen LogP contribution in [0.1, 0.15) is 18.4 Å². The Kier molecular flexibility index (Phi) is 8.36. The lowest BCUT2D eigenvalue weighted by atomic mass is 10.1. The highest BCUT2D eigenvalue weighted by Crippen LogP contribution is 2.28. The van der Waals surface area contributed by atoms with Crippen molar-refractivity contribution in [3.63, 3.8) is 0 Å². The van der Waals surface area contributed by atoms with Gasteiger partial charge in [-0.3, -0.25) is 14.9 Å². The lowest BCUT2D eigenvalue weighted by Gasteiger charge is -2.17. The molecule has 3 aromatic rings. The lowest BCUT2D eigenvalue weighted by Crippen LogP contribution is -2.45. The minimum absolute atomic E-state index is 0.209. The number of anilines is 1. The predicted molar refractivity (Wildman–Crippen MR) is 124 cm³/mol. The quantitative estimate of drug-likeness (QED) is 0.413. The first-order valence-electron chi connectivity index (χ1n) is 9.34. The molecular formula is C21H20BrClN4O2S. The molecule has 0 saturated heterocycles. The Morgan fingerprint density at radius 3 is 2.63 bits per heavy atom. The van der Waals surface area contributed by atoms with E-state index < -0.39 is 6.04 Å². The summed E-state index contributed by atoms with van der Waals surface area (Å²) < 4.78 is 0.934. The summed E-state index contributed by atoms with van der Waals surface area (Å²) in [7, 11) is 0. The van der Waals surface area contributed by atoms with Crippen molar-refractivity contribution in [1.82, 2.24) is 15.5 Å². The molecule has 0 radical (unpaired) electrons. The molecule has 0 aliphatic carbocycles. The van der Waals surface area contributed by atoms with Crippen molar-refractivity contribution in [3.05, 3.63) is 64.6 Å². The van der Waals surface area contributed by atoms with E-state index in [-0.39, 0.29) is 18.2 Å². The third-order valence-electron chi connectivity index (χ3n) is 4.20. The molecule has 1 atom stereocenters. The number of nitrogens with zero attached hydrogens (tertiary/aromatic N) is 2. The summed E-state index contributed by atoms with van der Waals surface area (Å²) in [5.74, 6) is -0.152. The van der Waals surface area contributed by atoms with Crippen LogP contribution in [0.2, 0.25) is 0 Å².